The third kappa shape index (κ3) is 6.10. The van der Waals surface area contributed by atoms with E-state index >= 15 is 0 Å². The zero-order valence-corrected chi connectivity index (χ0v) is 20.0. The van der Waals surface area contributed by atoms with Crippen LogP contribution < -0.4 is 16.0 Å². The van der Waals surface area contributed by atoms with Gasteiger partial charge in [-0.05, 0) is 48.9 Å². The van der Waals surface area contributed by atoms with Gasteiger partial charge in [0.25, 0.3) is 5.91 Å². The molecule has 2 heterocycles. The third-order valence-corrected chi connectivity index (χ3v) is 5.91. The maximum atomic E-state index is 13.0. The molecule has 1 aliphatic heterocycles. The van der Waals surface area contributed by atoms with E-state index in [1.807, 2.05) is 39.0 Å². The molecule has 1 aromatic heterocycles. The summed E-state index contributed by atoms with van der Waals surface area (Å²) in [5.41, 5.74) is 0.924. The fourth-order valence-corrected chi connectivity index (χ4v) is 4.23. The van der Waals surface area contributed by atoms with E-state index in [9.17, 15) is 19.6 Å². The van der Waals surface area contributed by atoms with Crippen LogP contribution in [0.15, 0.2) is 28.7 Å². The number of hydrogen-bond acceptors (Lipinski definition) is 4. The van der Waals surface area contributed by atoms with E-state index in [0.717, 1.165) is 15.4 Å². The number of amides is 3. The minimum atomic E-state index is -0.825. The lowest BCUT2D eigenvalue weighted by molar-refractivity contribution is -0.125. The summed E-state index contributed by atoms with van der Waals surface area (Å²) in [7, 11) is 0. The lowest BCUT2D eigenvalue weighted by Gasteiger charge is -2.27. The summed E-state index contributed by atoms with van der Waals surface area (Å²) in [6, 6.07) is 7.82. The van der Waals surface area contributed by atoms with Crippen molar-refractivity contribution in [2.24, 2.45) is 11.3 Å². The van der Waals surface area contributed by atoms with Gasteiger partial charge in [0, 0.05) is 27.8 Å². The van der Waals surface area contributed by atoms with Crippen molar-refractivity contribution in [2.75, 3.05) is 6.54 Å². The molecule has 0 aliphatic carbocycles. The van der Waals surface area contributed by atoms with E-state index in [-0.39, 0.29) is 23.7 Å². The van der Waals surface area contributed by atoms with Gasteiger partial charge >= 0.3 is 0 Å². The number of nitriles is 1. The zero-order chi connectivity index (χ0) is 23.5. The molecule has 9 heteroatoms. The van der Waals surface area contributed by atoms with Gasteiger partial charge in [0.05, 0.1) is 6.07 Å². The number of carbonyl (C=O) groups excluding carboxylic acids is 3. The quantitative estimate of drug-likeness (QED) is 0.464. The van der Waals surface area contributed by atoms with Crippen molar-refractivity contribution in [3.8, 4) is 6.07 Å². The van der Waals surface area contributed by atoms with Crippen LogP contribution in [0.4, 0.5) is 0 Å². The monoisotopic (exact) mass is 501 g/mol. The van der Waals surface area contributed by atoms with Gasteiger partial charge in [-0.25, -0.2) is 0 Å². The van der Waals surface area contributed by atoms with Crippen LogP contribution in [-0.4, -0.2) is 41.3 Å². The Morgan fingerprint density at radius 1 is 1.28 bits per heavy atom. The highest BCUT2D eigenvalue weighted by molar-refractivity contribution is 9.10. The molecule has 0 saturated carbocycles. The van der Waals surface area contributed by atoms with Crippen LogP contribution in [0.1, 0.15) is 50.5 Å². The second kappa shape index (κ2) is 9.74. The smallest absolute Gasteiger partial charge is 0.268 e. The number of hydrogen-bond donors (Lipinski definition) is 4. The molecule has 0 bridgehead atoms. The Morgan fingerprint density at radius 3 is 2.66 bits per heavy atom. The van der Waals surface area contributed by atoms with Crippen LogP contribution >= 0.6 is 15.9 Å². The minimum Gasteiger partial charge on any atom is -0.356 e. The van der Waals surface area contributed by atoms with Gasteiger partial charge in [0.2, 0.25) is 11.8 Å². The van der Waals surface area contributed by atoms with E-state index in [1.165, 1.54) is 0 Å². The first-order valence-electron chi connectivity index (χ1n) is 10.6. The van der Waals surface area contributed by atoms with E-state index < -0.39 is 23.9 Å². The highest BCUT2D eigenvalue weighted by atomic mass is 79.9. The summed E-state index contributed by atoms with van der Waals surface area (Å²) >= 11 is 3.42. The predicted octanol–water partition coefficient (Wildman–Crippen LogP) is 3.00. The SMILES string of the molecule is CC(C)(C)C[C@H](NC(=O)c1cc2cc(Br)ccc2[nH]1)C(=O)N[C@H](C#N)C[C@@H]1CCNC1=O. The Kier molecular flexibility index (Phi) is 7.24. The molecule has 2 aromatic rings. The van der Waals surface area contributed by atoms with Crippen LogP contribution in [0.25, 0.3) is 10.9 Å². The van der Waals surface area contributed by atoms with Gasteiger partial charge in [0.15, 0.2) is 0 Å². The van der Waals surface area contributed by atoms with E-state index in [0.29, 0.717) is 25.1 Å². The van der Waals surface area contributed by atoms with Gasteiger partial charge in [-0.1, -0.05) is 36.7 Å². The molecule has 1 aliphatic rings. The highest BCUT2D eigenvalue weighted by Gasteiger charge is 2.31. The number of carbonyl (C=O) groups is 3. The first kappa shape index (κ1) is 23.8. The predicted molar refractivity (Wildman–Crippen MR) is 125 cm³/mol. The molecule has 1 aromatic carbocycles. The Balaban J connectivity index is 1.72. The molecule has 4 N–H and O–H groups in total. The second-order valence-electron chi connectivity index (χ2n) is 9.41. The van der Waals surface area contributed by atoms with Crippen LogP contribution in [0.2, 0.25) is 0 Å². The number of halogens is 1. The molecule has 8 nitrogen and oxygen atoms in total. The number of fused-ring (bicyclic) bond motifs is 1. The van der Waals surface area contributed by atoms with Gasteiger partial charge in [-0.15, -0.1) is 0 Å². The summed E-state index contributed by atoms with van der Waals surface area (Å²) < 4.78 is 0.902. The molecular weight excluding hydrogens is 474 g/mol. The summed E-state index contributed by atoms with van der Waals surface area (Å²) in [5.74, 6) is -1.21. The lowest BCUT2D eigenvalue weighted by atomic mass is 9.87. The number of nitrogens with zero attached hydrogens (tertiary/aromatic N) is 1. The Labute approximate surface area is 195 Å². The van der Waals surface area contributed by atoms with Crippen LogP contribution in [0.5, 0.6) is 0 Å². The van der Waals surface area contributed by atoms with E-state index in [4.69, 9.17) is 0 Å². The Morgan fingerprint density at radius 2 is 2.03 bits per heavy atom. The molecule has 0 spiro atoms. The van der Waals surface area contributed by atoms with Crippen LogP contribution in [-0.2, 0) is 9.59 Å². The molecule has 0 radical (unpaired) electrons. The maximum absolute atomic E-state index is 13.0. The van der Waals surface area contributed by atoms with Crippen molar-refractivity contribution in [3.63, 3.8) is 0 Å². The fourth-order valence-electron chi connectivity index (χ4n) is 3.85. The summed E-state index contributed by atoms with van der Waals surface area (Å²) in [4.78, 5) is 40.9. The van der Waals surface area contributed by atoms with Crippen molar-refractivity contribution in [1.29, 1.82) is 5.26 Å². The molecule has 170 valence electrons. The second-order valence-corrected chi connectivity index (χ2v) is 10.3. The van der Waals surface area contributed by atoms with Gasteiger partial charge in [0.1, 0.15) is 17.8 Å². The van der Waals surface area contributed by atoms with Gasteiger partial charge in [-0.2, -0.15) is 5.26 Å². The Bertz CT molecular complexity index is 1070. The Hall–Kier alpha value is -2.86. The van der Waals surface area contributed by atoms with E-state index in [2.05, 4.69) is 42.9 Å². The number of nitrogens with one attached hydrogen (secondary N) is 4. The number of rotatable bonds is 7. The first-order valence-corrected chi connectivity index (χ1v) is 11.4. The molecule has 3 rings (SSSR count). The topological polar surface area (TPSA) is 127 Å². The van der Waals surface area contributed by atoms with Crippen molar-refractivity contribution in [1.82, 2.24) is 20.9 Å². The number of aromatic amines is 1. The molecule has 32 heavy (non-hydrogen) atoms. The molecule has 1 fully saturated rings. The van der Waals surface area contributed by atoms with Crippen molar-refractivity contribution >= 4 is 44.6 Å². The van der Waals surface area contributed by atoms with Crippen LogP contribution in [0, 0.1) is 22.7 Å². The third-order valence-electron chi connectivity index (χ3n) is 5.42. The summed E-state index contributed by atoms with van der Waals surface area (Å²) in [6.45, 7) is 6.51. The minimum absolute atomic E-state index is 0.0931. The largest absolute Gasteiger partial charge is 0.356 e. The van der Waals surface area contributed by atoms with Crippen molar-refractivity contribution < 1.29 is 14.4 Å². The maximum Gasteiger partial charge on any atom is 0.268 e. The van der Waals surface area contributed by atoms with Crippen molar-refractivity contribution in [3.05, 3.63) is 34.4 Å². The summed E-state index contributed by atoms with van der Waals surface area (Å²) in [5, 5.41) is 18.7. The molecule has 3 atom stereocenters. The first-order chi connectivity index (χ1) is 15.1. The van der Waals surface area contributed by atoms with Gasteiger partial charge < -0.3 is 20.9 Å². The number of aromatic nitrogens is 1. The lowest BCUT2D eigenvalue weighted by Crippen LogP contribution is -2.51. The molecule has 0 unspecified atom stereocenters. The highest BCUT2D eigenvalue weighted by Crippen LogP contribution is 2.23. The number of benzene rings is 1. The van der Waals surface area contributed by atoms with Crippen molar-refractivity contribution in [2.45, 2.75) is 52.1 Å². The number of H-pyrrole nitrogens is 1. The molecule has 1 saturated heterocycles. The molecular formula is C23H28BrN5O3. The van der Waals surface area contributed by atoms with Gasteiger partial charge in [-0.3, -0.25) is 14.4 Å². The van der Waals surface area contributed by atoms with E-state index in [1.54, 1.807) is 6.07 Å². The summed E-state index contributed by atoms with van der Waals surface area (Å²) in [6.07, 6.45) is 1.28. The van der Waals surface area contributed by atoms with Crippen LogP contribution in [0.3, 0.4) is 0 Å². The average molecular weight is 502 g/mol. The average Bonchev–Trinajstić information content (AvgIpc) is 3.31. The fraction of sp³-hybridized carbons (Fsp3) is 0.478. The normalized spacial score (nSPS) is 18.0. The standard InChI is InChI=1S/C23H28BrN5O3/c1-23(2,3)11-19(22(32)27-16(12-25)9-13-6-7-26-20(13)30)29-21(31)18-10-14-8-15(24)4-5-17(14)28-18/h4-5,8,10,13,16,19,28H,6-7,9,11H2,1-3H3,(H,26,30)(H,27,32)(H,29,31)/t13-,16-,19-/m0/s1. The molecule has 3 amide bonds. The zero-order valence-electron chi connectivity index (χ0n) is 18.4.